The van der Waals surface area contributed by atoms with Crippen molar-refractivity contribution in [1.29, 1.82) is 0 Å². The Labute approximate surface area is 420 Å². The van der Waals surface area contributed by atoms with Crippen LogP contribution in [0.25, 0.3) is 43.9 Å². The first-order valence-corrected chi connectivity index (χ1v) is 25.0. The lowest BCUT2D eigenvalue weighted by molar-refractivity contribution is 0.651. The predicted octanol–water partition coefficient (Wildman–Crippen LogP) is 13.2. The van der Waals surface area contributed by atoms with Crippen molar-refractivity contribution in [2.24, 2.45) is 0 Å². The normalized spacial score (nSPS) is 13.9. The van der Waals surface area contributed by atoms with E-state index in [0.29, 0.717) is 0 Å². The van der Waals surface area contributed by atoms with Gasteiger partial charge in [-0.25, -0.2) is 0 Å². The highest BCUT2D eigenvalue weighted by molar-refractivity contribution is 7.01. The molecular weight excluding hydrogens is 894 g/mol. The first-order chi connectivity index (χ1) is 36.2. The maximum absolute atomic E-state index is 7.21. The topological polar surface area (TPSA) is 52.4 Å². The maximum Gasteiger partial charge on any atom is 0.297 e. The number of hydrogen-bond donors (Lipinski definition) is 0. The second-order valence-corrected chi connectivity index (χ2v) is 19.5. The highest BCUT2D eigenvalue weighted by atomic mass is 16.3. The molecule has 7 nitrogen and oxygen atoms in total. The van der Waals surface area contributed by atoms with E-state index >= 15 is 0 Å². The van der Waals surface area contributed by atoms with E-state index in [1.165, 1.54) is 10.9 Å². The fraction of sp³-hybridized carbons (Fsp3) is 0. The highest BCUT2D eigenvalue weighted by Gasteiger charge is 2.49. The molecule has 0 unspecified atom stereocenters. The molecule has 0 saturated carbocycles. The SMILES string of the molecule is c1ccc(N2c3cc4oc5cc6c(cc5c4cc3B3c4oc5ccccc5c4N(c4ccccc4)c4cccc2c43)B2c3oc4ccccc4c3N(c3ccccc3)c3cccc(c32)N6c2ccccc2)cc1. The third kappa shape index (κ3) is 5.24. The molecule has 0 bridgehead atoms. The first-order valence-electron chi connectivity index (χ1n) is 25.0. The molecule has 3 aromatic heterocycles. The number of anilines is 12. The lowest BCUT2D eigenvalue weighted by atomic mass is 9.35. The van der Waals surface area contributed by atoms with Crippen molar-refractivity contribution in [3.8, 4) is 0 Å². The van der Waals surface area contributed by atoms with Crippen molar-refractivity contribution in [3.63, 3.8) is 0 Å². The molecule has 7 heterocycles. The van der Waals surface area contributed by atoms with Crippen LogP contribution in [0, 0.1) is 0 Å². The molecular formula is C64H38B2N4O3. The Kier molecular flexibility index (Phi) is 7.78. The third-order valence-corrected chi connectivity index (χ3v) is 15.8. The van der Waals surface area contributed by atoms with E-state index in [2.05, 4.69) is 250 Å². The van der Waals surface area contributed by atoms with Gasteiger partial charge in [-0.2, -0.15) is 0 Å². The summed E-state index contributed by atoms with van der Waals surface area (Å²) in [5.41, 5.74) is 22.9. The Bertz CT molecular complexity index is 4160. The summed E-state index contributed by atoms with van der Waals surface area (Å²) in [6.07, 6.45) is 0. The standard InChI is InChI=1S/C64H38B2N4O3/c1-5-19-39(20-6-1)67-49-29-17-31-51-59(49)65(63-61(43-27-13-15-33-55(43)72-63)69(51)41-23-9-3-10-24-41)47-35-45-46-36-48-54(38-58(46)71-57(45)37-53(47)67)68(40-21-7-2-8-22-40)50-30-18-32-52-60(50)66(48)64-62(44-28-14-16-34-56(44)73-64)70(52)42-25-11-4-12-26-42/h1-38H. The zero-order valence-electron chi connectivity index (χ0n) is 39.1. The number of fused-ring (bicyclic) bond motifs is 15. The molecule has 9 heteroatoms. The quantitative estimate of drug-likeness (QED) is 0.163. The Hall–Kier alpha value is -9.59. The monoisotopic (exact) mass is 932 g/mol. The Morgan fingerprint density at radius 2 is 0.603 bits per heavy atom. The molecule has 73 heavy (non-hydrogen) atoms. The van der Waals surface area contributed by atoms with Gasteiger partial charge in [-0.3, -0.25) is 0 Å². The first kappa shape index (κ1) is 39.2. The summed E-state index contributed by atoms with van der Waals surface area (Å²) < 4.78 is 21.6. The van der Waals surface area contributed by atoms with Gasteiger partial charge in [0.05, 0.1) is 22.7 Å². The molecule has 0 fully saturated rings. The van der Waals surface area contributed by atoms with Gasteiger partial charge >= 0.3 is 0 Å². The van der Waals surface area contributed by atoms with Gasteiger partial charge in [0.25, 0.3) is 13.4 Å². The van der Waals surface area contributed by atoms with Crippen molar-refractivity contribution in [3.05, 3.63) is 231 Å². The Morgan fingerprint density at radius 3 is 1.00 bits per heavy atom. The number of para-hydroxylation sites is 6. The van der Waals surface area contributed by atoms with Crippen LogP contribution in [-0.4, -0.2) is 13.4 Å². The summed E-state index contributed by atoms with van der Waals surface area (Å²) in [5.74, 6) is 0. The van der Waals surface area contributed by atoms with E-state index in [9.17, 15) is 0 Å². The van der Waals surface area contributed by atoms with Gasteiger partial charge in [0, 0.05) is 90.6 Å². The summed E-state index contributed by atoms with van der Waals surface area (Å²) in [4.78, 5) is 9.64. The van der Waals surface area contributed by atoms with E-state index in [4.69, 9.17) is 13.3 Å². The number of benzene rings is 10. The zero-order chi connectivity index (χ0) is 47.5. The van der Waals surface area contributed by atoms with Crippen LogP contribution in [0.5, 0.6) is 0 Å². The molecule has 0 N–H and O–H groups in total. The molecule has 0 aliphatic carbocycles. The molecule has 0 atom stereocenters. The summed E-state index contributed by atoms with van der Waals surface area (Å²) in [6.45, 7) is -0.446. The average molecular weight is 933 g/mol. The smallest absolute Gasteiger partial charge is 0.297 e. The van der Waals surface area contributed by atoms with Crippen LogP contribution in [-0.2, 0) is 0 Å². The summed E-state index contributed by atoms with van der Waals surface area (Å²) in [7, 11) is 0. The van der Waals surface area contributed by atoms with E-state index in [1.807, 2.05) is 0 Å². The van der Waals surface area contributed by atoms with Crippen LogP contribution in [0.3, 0.4) is 0 Å². The fourth-order valence-corrected chi connectivity index (χ4v) is 12.9. The van der Waals surface area contributed by atoms with Crippen LogP contribution in [0.1, 0.15) is 0 Å². The van der Waals surface area contributed by atoms with Gasteiger partial charge in [0.1, 0.15) is 22.3 Å². The van der Waals surface area contributed by atoms with Gasteiger partial charge in [-0.1, -0.05) is 121 Å². The van der Waals surface area contributed by atoms with Gasteiger partial charge < -0.3 is 32.9 Å². The molecule has 0 saturated heterocycles. The number of furan rings is 3. The lowest BCUT2D eigenvalue weighted by Gasteiger charge is -2.42. The molecule has 0 radical (unpaired) electrons. The third-order valence-electron chi connectivity index (χ3n) is 15.8. The molecule has 10 aromatic carbocycles. The molecule has 13 aromatic rings. The van der Waals surface area contributed by atoms with Crippen molar-refractivity contribution in [2.45, 2.75) is 0 Å². The van der Waals surface area contributed by atoms with E-state index < -0.39 is 0 Å². The second-order valence-electron chi connectivity index (χ2n) is 19.5. The van der Waals surface area contributed by atoms with E-state index in [0.717, 1.165) is 134 Å². The Balaban J connectivity index is 0.960. The van der Waals surface area contributed by atoms with Crippen LogP contribution >= 0.6 is 0 Å². The highest BCUT2D eigenvalue weighted by Crippen LogP contribution is 2.50. The lowest BCUT2D eigenvalue weighted by Crippen LogP contribution is -2.61. The molecule has 0 amide bonds. The van der Waals surface area contributed by atoms with E-state index in [-0.39, 0.29) is 13.4 Å². The Morgan fingerprint density at radius 1 is 0.260 bits per heavy atom. The number of hydrogen-bond acceptors (Lipinski definition) is 7. The van der Waals surface area contributed by atoms with Crippen molar-refractivity contribution >= 4 is 159 Å². The van der Waals surface area contributed by atoms with Crippen LogP contribution in [0.4, 0.5) is 68.2 Å². The summed E-state index contributed by atoms with van der Waals surface area (Å²) in [5, 5.41) is 4.25. The minimum Gasteiger partial charge on any atom is -0.468 e. The average Bonchev–Trinajstić information content (AvgIpc) is 4.18. The predicted molar refractivity (Wildman–Crippen MR) is 301 cm³/mol. The van der Waals surface area contributed by atoms with Gasteiger partial charge in [-0.05, 0) is 119 Å². The van der Waals surface area contributed by atoms with Crippen LogP contribution < -0.4 is 52.8 Å². The minimum atomic E-state index is -0.223. The van der Waals surface area contributed by atoms with Gasteiger partial charge in [-0.15, -0.1) is 0 Å². The van der Waals surface area contributed by atoms with Gasteiger partial charge in [0.2, 0.25) is 0 Å². The molecule has 0 spiro atoms. The zero-order valence-corrected chi connectivity index (χ0v) is 39.1. The molecule has 17 rings (SSSR count). The van der Waals surface area contributed by atoms with Crippen LogP contribution in [0.15, 0.2) is 244 Å². The second kappa shape index (κ2) is 14.5. The minimum absolute atomic E-state index is 0.223. The molecule has 4 aliphatic heterocycles. The fourth-order valence-electron chi connectivity index (χ4n) is 12.9. The van der Waals surface area contributed by atoms with Crippen molar-refractivity contribution in [2.75, 3.05) is 19.6 Å². The van der Waals surface area contributed by atoms with Crippen LogP contribution in [0.2, 0.25) is 0 Å². The van der Waals surface area contributed by atoms with E-state index in [1.54, 1.807) is 0 Å². The van der Waals surface area contributed by atoms with Crippen molar-refractivity contribution < 1.29 is 13.3 Å². The van der Waals surface area contributed by atoms with Gasteiger partial charge in [0.15, 0.2) is 0 Å². The maximum atomic E-state index is 7.21. The largest absolute Gasteiger partial charge is 0.468 e. The number of nitrogens with zero attached hydrogens (tertiary/aromatic N) is 4. The molecule has 4 aliphatic rings. The number of rotatable bonds is 4. The summed E-state index contributed by atoms with van der Waals surface area (Å²) in [6, 6.07) is 82.6. The van der Waals surface area contributed by atoms with Crippen molar-refractivity contribution in [1.82, 2.24) is 0 Å². The molecule has 338 valence electrons. The summed E-state index contributed by atoms with van der Waals surface area (Å²) >= 11 is 0.